The van der Waals surface area contributed by atoms with E-state index in [1.54, 1.807) is 18.3 Å². The Kier molecular flexibility index (Phi) is 4.11. The molecule has 1 fully saturated rings. The molecule has 1 heterocycles. The summed E-state index contributed by atoms with van der Waals surface area (Å²) in [5, 5.41) is 13.4. The lowest BCUT2D eigenvalue weighted by atomic mass is 9.56. The van der Waals surface area contributed by atoms with Gasteiger partial charge in [-0.1, -0.05) is 13.8 Å². The van der Waals surface area contributed by atoms with Gasteiger partial charge in [0, 0.05) is 37.4 Å². The van der Waals surface area contributed by atoms with Crippen molar-refractivity contribution in [2.45, 2.75) is 38.9 Å². The van der Waals surface area contributed by atoms with Crippen molar-refractivity contribution in [3.8, 4) is 0 Å². The third kappa shape index (κ3) is 2.55. The molecule has 1 amide bonds. The average molecular weight is 278 g/mol. The molecule has 1 aromatic heterocycles. The number of pyridine rings is 1. The quantitative estimate of drug-likeness (QED) is 0.853. The van der Waals surface area contributed by atoms with E-state index < -0.39 is 5.60 Å². The zero-order chi connectivity index (χ0) is 14.8. The molecular formula is C15H22N2O3. The van der Waals surface area contributed by atoms with E-state index in [0.29, 0.717) is 18.6 Å². The molecule has 1 aliphatic carbocycles. The number of hydrogen-bond donors (Lipinski definition) is 2. The lowest BCUT2D eigenvalue weighted by molar-refractivity contribution is -0.237. The van der Waals surface area contributed by atoms with Crippen LogP contribution in [0.5, 0.6) is 0 Å². The third-order valence-electron chi connectivity index (χ3n) is 4.36. The molecule has 20 heavy (non-hydrogen) atoms. The molecule has 0 aromatic carbocycles. The van der Waals surface area contributed by atoms with Crippen LogP contribution < -0.4 is 5.32 Å². The number of nitrogens with zero attached hydrogens (tertiary/aromatic N) is 1. The third-order valence-corrected chi connectivity index (χ3v) is 4.36. The van der Waals surface area contributed by atoms with Crippen LogP contribution in [-0.4, -0.2) is 40.9 Å². The number of carbonyl (C=O) groups is 1. The maximum absolute atomic E-state index is 12.0. The predicted octanol–water partition coefficient (Wildman–Crippen LogP) is 1.38. The van der Waals surface area contributed by atoms with Crippen molar-refractivity contribution in [2.75, 3.05) is 13.2 Å². The smallest absolute Gasteiger partial charge is 0.252 e. The lowest BCUT2D eigenvalue weighted by Gasteiger charge is -2.57. The highest BCUT2D eigenvalue weighted by atomic mass is 16.5. The van der Waals surface area contributed by atoms with E-state index in [1.165, 1.54) is 6.20 Å². The number of amides is 1. The molecule has 0 spiro atoms. The summed E-state index contributed by atoms with van der Waals surface area (Å²) in [4.78, 5) is 15.9. The van der Waals surface area contributed by atoms with Crippen molar-refractivity contribution >= 4 is 5.91 Å². The first-order chi connectivity index (χ1) is 9.40. The van der Waals surface area contributed by atoms with Crippen molar-refractivity contribution in [2.24, 2.45) is 5.41 Å². The monoisotopic (exact) mass is 278 g/mol. The Hall–Kier alpha value is -1.46. The van der Waals surface area contributed by atoms with E-state index in [2.05, 4.69) is 10.3 Å². The summed E-state index contributed by atoms with van der Waals surface area (Å²) in [7, 11) is 0. The van der Waals surface area contributed by atoms with Crippen LogP contribution in [0.2, 0.25) is 0 Å². The van der Waals surface area contributed by atoms with Crippen molar-refractivity contribution in [3.63, 3.8) is 0 Å². The van der Waals surface area contributed by atoms with Gasteiger partial charge in [0.1, 0.15) is 0 Å². The Bertz CT molecular complexity index is 475. The predicted molar refractivity (Wildman–Crippen MR) is 75.3 cm³/mol. The maximum Gasteiger partial charge on any atom is 0.252 e. The summed E-state index contributed by atoms with van der Waals surface area (Å²) >= 11 is 0. The molecule has 110 valence electrons. The van der Waals surface area contributed by atoms with Gasteiger partial charge < -0.3 is 15.2 Å². The molecule has 0 unspecified atom stereocenters. The van der Waals surface area contributed by atoms with E-state index in [1.807, 2.05) is 20.8 Å². The van der Waals surface area contributed by atoms with Gasteiger partial charge >= 0.3 is 0 Å². The summed E-state index contributed by atoms with van der Waals surface area (Å²) in [5.74, 6) is -0.220. The first kappa shape index (κ1) is 14.9. The van der Waals surface area contributed by atoms with Gasteiger partial charge in [-0.15, -0.1) is 0 Å². The Morgan fingerprint density at radius 1 is 1.60 bits per heavy atom. The summed E-state index contributed by atoms with van der Waals surface area (Å²) in [6.07, 6.45) is 3.70. The minimum atomic E-state index is -0.926. The number of ether oxygens (including phenoxy) is 1. The van der Waals surface area contributed by atoms with Crippen LogP contribution in [0.3, 0.4) is 0 Å². The van der Waals surface area contributed by atoms with Crippen LogP contribution in [0.25, 0.3) is 0 Å². The maximum atomic E-state index is 12.0. The van der Waals surface area contributed by atoms with E-state index in [0.717, 1.165) is 0 Å². The zero-order valence-electron chi connectivity index (χ0n) is 12.2. The molecule has 1 aliphatic rings. The highest BCUT2D eigenvalue weighted by Crippen LogP contribution is 2.50. The topological polar surface area (TPSA) is 71.5 Å². The molecule has 0 saturated heterocycles. The minimum absolute atomic E-state index is 0.0350. The number of aromatic nitrogens is 1. The fourth-order valence-corrected chi connectivity index (χ4v) is 2.59. The van der Waals surface area contributed by atoms with Crippen LogP contribution in [-0.2, 0) is 4.74 Å². The Morgan fingerprint density at radius 3 is 2.90 bits per heavy atom. The second-order valence-electron chi connectivity index (χ2n) is 5.83. The van der Waals surface area contributed by atoms with Gasteiger partial charge in [0.2, 0.25) is 0 Å². The molecule has 0 radical (unpaired) electrons. The summed E-state index contributed by atoms with van der Waals surface area (Å²) in [6, 6.07) is 3.41. The van der Waals surface area contributed by atoms with Crippen LogP contribution in [0.1, 0.15) is 37.6 Å². The second kappa shape index (κ2) is 5.50. The van der Waals surface area contributed by atoms with Gasteiger partial charge in [-0.2, -0.15) is 0 Å². The number of carbonyl (C=O) groups excluding carboxylic acids is 1. The van der Waals surface area contributed by atoms with Crippen LogP contribution >= 0.6 is 0 Å². The Labute approximate surface area is 119 Å². The molecule has 1 aromatic rings. The fourth-order valence-electron chi connectivity index (χ4n) is 2.59. The van der Waals surface area contributed by atoms with E-state index >= 15 is 0 Å². The molecular weight excluding hydrogens is 256 g/mol. The van der Waals surface area contributed by atoms with Gasteiger partial charge in [-0.25, -0.2) is 0 Å². The van der Waals surface area contributed by atoms with Gasteiger partial charge in [0.15, 0.2) is 0 Å². The Balaban J connectivity index is 1.93. The van der Waals surface area contributed by atoms with Gasteiger partial charge in [0.05, 0.1) is 17.3 Å². The second-order valence-corrected chi connectivity index (χ2v) is 5.83. The normalized spacial score (nSPS) is 27.7. The molecule has 1 saturated carbocycles. The van der Waals surface area contributed by atoms with Crippen molar-refractivity contribution < 1.29 is 14.6 Å². The SMILES string of the molecule is CCO[C@@H]1C[C@](O)(CNC(=O)c2cccnc2)C1(C)C. The van der Waals surface area contributed by atoms with E-state index in [-0.39, 0.29) is 24.0 Å². The lowest BCUT2D eigenvalue weighted by Crippen LogP contribution is -2.68. The number of rotatable bonds is 5. The van der Waals surface area contributed by atoms with Crippen molar-refractivity contribution in [3.05, 3.63) is 30.1 Å². The van der Waals surface area contributed by atoms with Gasteiger partial charge in [-0.05, 0) is 19.1 Å². The van der Waals surface area contributed by atoms with Crippen LogP contribution in [0.4, 0.5) is 0 Å². The number of hydrogen-bond acceptors (Lipinski definition) is 4. The highest BCUT2D eigenvalue weighted by Gasteiger charge is 2.59. The average Bonchev–Trinajstić information content (AvgIpc) is 2.45. The zero-order valence-corrected chi connectivity index (χ0v) is 12.2. The molecule has 2 rings (SSSR count). The van der Waals surface area contributed by atoms with Gasteiger partial charge in [-0.3, -0.25) is 9.78 Å². The standard InChI is InChI=1S/C15H22N2O3/c1-4-20-12-8-15(19,14(12,2)3)10-17-13(18)11-6-5-7-16-9-11/h5-7,9,12,19H,4,8,10H2,1-3H3,(H,17,18)/t12-,15+/m1/s1. The minimum Gasteiger partial charge on any atom is -0.387 e. The Morgan fingerprint density at radius 2 is 2.35 bits per heavy atom. The van der Waals surface area contributed by atoms with Crippen LogP contribution in [0, 0.1) is 5.41 Å². The number of aliphatic hydroxyl groups is 1. The molecule has 5 nitrogen and oxygen atoms in total. The molecule has 2 atom stereocenters. The highest BCUT2D eigenvalue weighted by molar-refractivity contribution is 5.93. The van der Waals surface area contributed by atoms with E-state index in [9.17, 15) is 9.90 Å². The summed E-state index contributed by atoms with van der Waals surface area (Å²) in [5.41, 5.74) is -0.801. The van der Waals surface area contributed by atoms with E-state index in [4.69, 9.17) is 4.74 Å². The van der Waals surface area contributed by atoms with Gasteiger partial charge in [0.25, 0.3) is 5.91 Å². The first-order valence-electron chi connectivity index (χ1n) is 6.93. The number of nitrogens with one attached hydrogen (secondary N) is 1. The van der Waals surface area contributed by atoms with Crippen molar-refractivity contribution in [1.29, 1.82) is 0 Å². The molecule has 2 N–H and O–H groups in total. The summed E-state index contributed by atoms with van der Waals surface area (Å²) < 4.78 is 5.60. The fraction of sp³-hybridized carbons (Fsp3) is 0.600. The molecule has 0 bridgehead atoms. The molecule has 0 aliphatic heterocycles. The summed E-state index contributed by atoms with van der Waals surface area (Å²) in [6.45, 7) is 6.72. The largest absolute Gasteiger partial charge is 0.387 e. The van der Waals surface area contributed by atoms with Crippen LogP contribution in [0.15, 0.2) is 24.5 Å². The molecule has 5 heteroatoms. The first-order valence-corrected chi connectivity index (χ1v) is 6.93. The van der Waals surface area contributed by atoms with Crippen molar-refractivity contribution in [1.82, 2.24) is 10.3 Å².